The molecule has 0 spiro atoms. The average molecular weight is 345 g/mol. The highest BCUT2D eigenvalue weighted by Crippen LogP contribution is 2.26. The summed E-state index contributed by atoms with van der Waals surface area (Å²) in [5, 5.41) is 0. The number of anilines is 1. The van der Waals surface area contributed by atoms with Gasteiger partial charge in [-0.05, 0) is 26.0 Å². The number of piperazine rings is 1. The Bertz CT molecular complexity index is 665. The van der Waals surface area contributed by atoms with Gasteiger partial charge in [0.15, 0.2) is 0 Å². The maximum atomic E-state index is 12.8. The minimum Gasteiger partial charge on any atom is -0.450 e. The molecule has 7 heteroatoms. The summed E-state index contributed by atoms with van der Waals surface area (Å²) in [5.41, 5.74) is 1.70. The van der Waals surface area contributed by atoms with Gasteiger partial charge in [-0.1, -0.05) is 17.7 Å². The van der Waals surface area contributed by atoms with Gasteiger partial charge < -0.3 is 9.64 Å². The van der Waals surface area contributed by atoms with Crippen molar-refractivity contribution in [2.45, 2.75) is 26.3 Å². The normalized spacial score (nSPS) is 21.8. The zero-order valence-electron chi connectivity index (χ0n) is 14.6. The number of amides is 3. The Labute approximate surface area is 147 Å². The summed E-state index contributed by atoms with van der Waals surface area (Å²) in [4.78, 5) is 41.8. The van der Waals surface area contributed by atoms with Crippen LogP contribution < -0.4 is 4.90 Å². The number of hydrogen-bond acceptors (Lipinski definition) is 5. The van der Waals surface area contributed by atoms with Crippen molar-refractivity contribution in [1.82, 2.24) is 9.80 Å². The second-order valence-corrected chi connectivity index (χ2v) is 6.34. The Kier molecular flexibility index (Phi) is 5.03. The minimum atomic E-state index is -0.446. The summed E-state index contributed by atoms with van der Waals surface area (Å²) in [5.74, 6) is -0.356. The van der Waals surface area contributed by atoms with Crippen LogP contribution in [0.15, 0.2) is 24.3 Å². The van der Waals surface area contributed by atoms with Crippen LogP contribution in [0.4, 0.5) is 10.5 Å². The molecule has 2 aliphatic heterocycles. The van der Waals surface area contributed by atoms with Crippen LogP contribution in [0, 0.1) is 6.92 Å². The molecule has 0 radical (unpaired) electrons. The summed E-state index contributed by atoms with van der Waals surface area (Å²) in [6.45, 7) is 6.21. The van der Waals surface area contributed by atoms with E-state index in [1.165, 1.54) is 4.90 Å². The highest BCUT2D eigenvalue weighted by Gasteiger charge is 2.43. The largest absolute Gasteiger partial charge is 0.450 e. The van der Waals surface area contributed by atoms with E-state index in [2.05, 4.69) is 0 Å². The SMILES string of the molecule is CCOC(=O)N1CCN([C@@H]2CC(=O)N(c3ccc(C)cc3)C2=O)CC1. The molecule has 1 aromatic carbocycles. The molecule has 0 unspecified atom stereocenters. The minimum absolute atomic E-state index is 0.174. The van der Waals surface area contributed by atoms with Gasteiger partial charge in [0.25, 0.3) is 5.91 Å². The molecule has 0 aliphatic carbocycles. The van der Waals surface area contributed by atoms with E-state index in [4.69, 9.17) is 4.74 Å². The first-order chi connectivity index (χ1) is 12.0. The van der Waals surface area contributed by atoms with E-state index in [-0.39, 0.29) is 24.3 Å². The van der Waals surface area contributed by atoms with Crippen molar-refractivity contribution in [3.63, 3.8) is 0 Å². The lowest BCUT2D eigenvalue weighted by atomic mass is 10.2. The fraction of sp³-hybridized carbons (Fsp3) is 0.500. The maximum Gasteiger partial charge on any atom is 0.409 e. The van der Waals surface area contributed by atoms with Crippen molar-refractivity contribution in [2.75, 3.05) is 37.7 Å². The third kappa shape index (κ3) is 3.51. The number of hydrogen-bond donors (Lipinski definition) is 0. The molecule has 2 heterocycles. The molecule has 134 valence electrons. The van der Waals surface area contributed by atoms with E-state index in [0.29, 0.717) is 38.5 Å². The zero-order valence-corrected chi connectivity index (χ0v) is 14.6. The average Bonchev–Trinajstić information content (AvgIpc) is 2.91. The smallest absolute Gasteiger partial charge is 0.409 e. The number of imide groups is 1. The first kappa shape index (κ1) is 17.4. The monoisotopic (exact) mass is 345 g/mol. The molecule has 1 aromatic rings. The molecule has 1 atom stereocenters. The standard InChI is InChI=1S/C18H23N3O4/c1-3-25-18(24)20-10-8-19(9-11-20)15-12-16(22)21(17(15)23)14-6-4-13(2)5-7-14/h4-7,15H,3,8-12H2,1-2H3/t15-/m1/s1. The molecule has 25 heavy (non-hydrogen) atoms. The fourth-order valence-electron chi connectivity index (χ4n) is 3.30. The number of rotatable bonds is 3. The maximum absolute atomic E-state index is 12.8. The number of nitrogens with zero attached hydrogens (tertiary/aromatic N) is 3. The number of ether oxygens (including phenoxy) is 1. The lowest BCUT2D eigenvalue weighted by molar-refractivity contribution is -0.123. The highest BCUT2D eigenvalue weighted by molar-refractivity contribution is 6.22. The van der Waals surface area contributed by atoms with Crippen molar-refractivity contribution in [2.24, 2.45) is 0 Å². The second kappa shape index (κ2) is 7.23. The lowest BCUT2D eigenvalue weighted by Gasteiger charge is -2.36. The Balaban J connectivity index is 1.65. The second-order valence-electron chi connectivity index (χ2n) is 6.34. The van der Waals surface area contributed by atoms with Gasteiger partial charge in [-0.25, -0.2) is 9.69 Å². The highest BCUT2D eigenvalue weighted by atomic mass is 16.6. The van der Waals surface area contributed by atoms with Gasteiger partial charge in [0.05, 0.1) is 24.8 Å². The molecule has 0 bridgehead atoms. The topological polar surface area (TPSA) is 70.2 Å². The Morgan fingerprint density at radius 3 is 2.36 bits per heavy atom. The number of carbonyl (C=O) groups excluding carboxylic acids is 3. The molecule has 7 nitrogen and oxygen atoms in total. The van der Waals surface area contributed by atoms with Crippen LogP contribution in [0.3, 0.4) is 0 Å². The summed E-state index contributed by atoms with van der Waals surface area (Å²) in [6.07, 6.45) is -0.135. The van der Waals surface area contributed by atoms with Gasteiger partial charge in [-0.15, -0.1) is 0 Å². The summed E-state index contributed by atoms with van der Waals surface area (Å²) in [7, 11) is 0. The number of carbonyl (C=O) groups is 3. The molecule has 3 rings (SSSR count). The Morgan fingerprint density at radius 1 is 1.12 bits per heavy atom. The van der Waals surface area contributed by atoms with Crippen molar-refractivity contribution >= 4 is 23.6 Å². The van der Waals surface area contributed by atoms with Crippen molar-refractivity contribution < 1.29 is 19.1 Å². The van der Waals surface area contributed by atoms with Crippen LogP contribution in [-0.2, 0) is 14.3 Å². The van der Waals surface area contributed by atoms with Gasteiger partial charge >= 0.3 is 6.09 Å². The van der Waals surface area contributed by atoms with E-state index in [1.807, 2.05) is 24.0 Å². The fourth-order valence-corrected chi connectivity index (χ4v) is 3.30. The van der Waals surface area contributed by atoms with E-state index < -0.39 is 6.04 Å². The number of aryl methyl sites for hydroxylation is 1. The van der Waals surface area contributed by atoms with E-state index in [9.17, 15) is 14.4 Å². The summed E-state index contributed by atoms with van der Waals surface area (Å²) in [6, 6.07) is 6.93. The van der Waals surface area contributed by atoms with E-state index in [0.717, 1.165) is 5.56 Å². The van der Waals surface area contributed by atoms with E-state index in [1.54, 1.807) is 24.0 Å². The van der Waals surface area contributed by atoms with Gasteiger partial charge in [0, 0.05) is 26.2 Å². The van der Waals surface area contributed by atoms with E-state index >= 15 is 0 Å². The van der Waals surface area contributed by atoms with Gasteiger partial charge in [0.2, 0.25) is 5.91 Å². The van der Waals surface area contributed by atoms with Crippen LogP contribution in [0.1, 0.15) is 18.9 Å². The number of benzene rings is 1. The molecule has 0 saturated carbocycles. The molecule has 0 N–H and O–H groups in total. The van der Waals surface area contributed by atoms with Crippen LogP contribution in [-0.4, -0.2) is 66.5 Å². The van der Waals surface area contributed by atoms with Crippen molar-refractivity contribution in [3.8, 4) is 0 Å². The quantitative estimate of drug-likeness (QED) is 0.775. The predicted molar refractivity (Wildman–Crippen MR) is 92.2 cm³/mol. The summed E-state index contributed by atoms with van der Waals surface area (Å²) >= 11 is 0. The first-order valence-corrected chi connectivity index (χ1v) is 8.60. The Hall–Kier alpha value is -2.41. The van der Waals surface area contributed by atoms with Gasteiger partial charge in [0.1, 0.15) is 0 Å². The molecule has 2 aliphatic rings. The van der Waals surface area contributed by atoms with Crippen LogP contribution in [0.5, 0.6) is 0 Å². The van der Waals surface area contributed by atoms with Crippen LogP contribution >= 0.6 is 0 Å². The van der Waals surface area contributed by atoms with Crippen molar-refractivity contribution in [1.29, 1.82) is 0 Å². The molecular formula is C18H23N3O4. The molecule has 3 amide bonds. The van der Waals surface area contributed by atoms with Crippen molar-refractivity contribution in [3.05, 3.63) is 29.8 Å². The third-order valence-electron chi connectivity index (χ3n) is 4.70. The van der Waals surface area contributed by atoms with Crippen LogP contribution in [0.2, 0.25) is 0 Å². The summed E-state index contributed by atoms with van der Waals surface area (Å²) < 4.78 is 5.00. The molecule has 2 fully saturated rings. The molecular weight excluding hydrogens is 322 g/mol. The molecule has 2 saturated heterocycles. The van der Waals surface area contributed by atoms with Gasteiger partial charge in [-0.3, -0.25) is 14.5 Å². The first-order valence-electron chi connectivity index (χ1n) is 8.60. The van der Waals surface area contributed by atoms with Crippen LogP contribution in [0.25, 0.3) is 0 Å². The lowest BCUT2D eigenvalue weighted by Crippen LogP contribution is -2.54. The van der Waals surface area contributed by atoms with Gasteiger partial charge in [-0.2, -0.15) is 0 Å². The Morgan fingerprint density at radius 2 is 1.76 bits per heavy atom. The molecule has 0 aromatic heterocycles. The zero-order chi connectivity index (χ0) is 18.0. The predicted octanol–water partition coefficient (Wildman–Crippen LogP) is 1.40. The third-order valence-corrected chi connectivity index (χ3v) is 4.70.